The van der Waals surface area contributed by atoms with Crippen LogP contribution in [0.15, 0.2) is 18.2 Å². The zero-order valence-electron chi connectivity index (χ0n) is 12.9. The number of amides is 1. The summed E-state index contributed by atoms with van der Waals surface area (Å²) < 4.78 is 44.4. The molecule has 1 aliphatic rings. The quantitative estimate of drug-likeness (QED) is 0.862. The van der Waals surface area contributed by atoms with Crippen molar-refractivity contribution in [2.24, 2.45) is 11.7 Å². The van der Waals surface area contributed by atoms with Crippen LogP contribution in [0.1, 0.15) is 30.4 Å². The normalized spacial score (nSPS) is 17.1. The Hall–Kier alpha value is -2.27. The Morgan fingerprint density at radius 3 is 2.62 bits per heavy atom. The van der Waals surface area contributed by atoms with E-state index in [1.54, 1.807) is 0 Å². The summed E-state index contributed by atoms with van der Waals surface area (Å²) in [5, 5.41) is 11.8. The number of ether oxygens (including phenoxy) is 1. The van der Waals surface area contributed by atoms with Gasteiger partial charge in [0.05, 0.1) is 17.2 Å². The number of nitrogens with zero attached hydrogens (tertiary/aromatic N) is 1. The number of halogens is 3. The van der Waals surface area contributed by atoms with Crippen LogP contribution in [0.2, 0.25) is 0 Å². The summed E-state index contributed by atoms with van der Waals surface area (Å²) >= 11 is 0. The highest BCUT2D eigenvalue weighted by atomic mass is 19.4. The van der Waals surface area contributed by atoms with Gasteiger partial charge in [0.15, 0.2) is 0 Å². The number of nitrogens with one attached hydrogen (secondary N) is 1. The van der Waals surface area contributed by atoms with Crippen LogP contribution in [-0.2, 0) is 15.7 Å². The van der Waals surface area contributed by atoms with E-state index in [0.29, 0.717) is 26.1 Å². The molecule has 0 radical (unpaired) electrons. The van der Waals surface area contributed by atoms with Crippen LogP contribution in [0.4, 0.5) is 18.9 Å². The molecule has 0 saturated carbocycles. The van der Waals surface area contributed by atoms with Crippen LogP contribution >= 0.6 is 0 Å². The minimum atomic E-state index is -4.62. The molecule has 0 aliphatic carbocycles. The first-order chi connectivity index (χ1) is 11.3. The second-order valence-corrected chi connectivity index (χ2v) is 5.74. The van der Waals surface area contributed by atoms with Crippen LogP contribution in [0.25, 0.3) is 0 Å². The summed E-state index contributed by atoms with van der Waals surface area (Å²) in [7, 11) is 0. The molecule has 1 fully saturated rings. The average Bonchev–Trinajstić information content (AvgIpc) is 2.54. The molecule has 0 bridgehead atoms. The Morgan fingerprint density at radius 2 is 2.08 bits per heavy atom. The maximum atomic E-state index is 13.0. The van der Waals surface area contributed by atoms with Crippen molar-refractivity contribution < 1.29 is 22.7 Å². The van der Waals surface area contributed by atoms with Gasteiger partial charge in [-0.2, -0.15) is 18.4 Å². The van der Waals surface area contributed by atoms with Crippen LogP contribution < -0.4 is 11.1 Å². The highest BCUT2D eigenvalue weighted by molar-refractivity contribution is 5.75. The van der Waals surface area contributed by atoms with E-state index in [1.807, 2.05) is 0 Å². The number of carbonyl (C=O) groups is 1. The fourth-order valence-corrected chi connectivity index (χ4v) is 2.85. The summed E-state index contributed by atoms with van der Waals surface area (Å²) in [5.74, 6) is -0.445. The SMILES string of the molecule is N#Cc1ccc(NC(CC(N)=O)C2CCOCC2)cc1C(F)(F)F. The minimum absolute atomic E-state index is 0.0199. The molecule has 1 aromatic rings. The van der Waals surface area contributed by atoms with E-state index in [-0.39, 0.29) is 24.1 Å². The fourth-order valence-electron chi connectivity index (χ4n) is 2.85. The molecule has 5 nitrogen and oxygen atoms in total. The molecule has 1 atom stereocenters. The number of hydrogen-bond acceptors (Lipinski definition) is 4. The van der Waals surface area contributed by atoms with Crippen molar-refractivity contribution in [2.45, 2.75) is 31.5 Å². The molecular formula is C16H18F3N3O2. The van der Waals surface area contributed by atoms with Crippen molar-refractivity contribution in [3.63, 3.8) is 0 Å². The van der Waals surface area contributed by atoms with Crippen molar-refractivity contribution >= 4 is 11.6 Å². The third-order valence-corrected chi connectivity index (χ3v) is 4.05. The number of nitriles is 1. The van der Waals surface area contributed by atoms with Gasteiger partial charge in [-0.3, -0.25) is 4.79 Å². The lowest BCUT2D eigenvalue weighted by atomic mass is 9.89. The number of alkyl halides is 3. The van der Waals surface area contributed by atoms with Crippen molar-refractivity contribution in [1.29, 1.82) is 5.26 Å². The molecular weight excluding hydrogens is 323 g/mol. The zero-order valence-corrected chi connectivity index (χ0v) is 12.9. The third kappa shape index (κ3) is 4.61. The molecule has 0 aromatic heterocycles. The Balaban J connectivity index is 2.25. The zero-order chi connectivity index (χ0) is 17.7. The van der Waals surface area contributed by atoms with Gasteiger partial charge >= 0.3 is 6.18 Å². The first kappa shape index (κ1) is 18.1. The molecule has 1 unspecified atom stereocenters. The standard InChI is InChI=1S/C16H18F3N3O2/c17-16(18,19)13-7-12(2-1-11(13)9-20)22-14(8-15(21)23)10-3-5-24-6-4-10/h1-2,7,10,14,22H,3-6,8H2,(H2,21,23). The first-order valence-electron chi connectivity index (χ1n) is 7.55. The second-order valence-electron chi connectivity index (χ2n) is 5.74. The van der Waals surface area contributed by atoms with Gasteiger partial charge in [-0.1, -0.05) is 0 Å². The van der Waals surface area contributed by atoms with E-state index in [0.717, 1.165) is 12.1 Å². The lowest BCUT2D eigenvalue weighted by molar-refractivity contribution is -0.137. The van der Waals surface area contributed by atoms with Gasteiger partial charge in [-0.15, -0.1) is 0 Å². The average molecular weight is 341 g/mol. The predicted octanol–water partition coefficient (Wildman–Crippen LogP) is 2.66. The lowest BCUT2D eigenvalue weighted by Crippen LogP contribution is -2.37. The van der Waals surface area contributed by atoms with Gasteiger partial charge in [0.25, 0.3) is 0 Å². The molecule has 1 saturated heterocycles. The van der Waals surface area contributed by atoms with Crippen LogP contribution in [0, 0.1) is 17.2 Å². The van der Waals surface area contributed by atoms with Gasteiger partial charge in [0.2, 0.25) is 5.91 Å². The molecule has 1 heterocycles. The first-order valence-corrected chi connectivity index (χ1v) is 7.55. The number of primary amides is 1. The van der Waals surface area contributed by atoms with Gasteiger partial charge in [-0.25, -0.2) is 0 Å². The summed E-state index contributed by atoms with van der Waals surface area (Å²) in [4.78, 5) is 11.3. The molecule has 3 N–H and O–H groups in total. The molecule has 1 aliphatic heterocycles. The second kappa shape index (κ2) is 7.53. The van der Waals surface area contributed by atoms with Gasteiger partial charge in [0, 0.05) is 31.4 Å². The maximum Gasteiger partial charge on any atom is 0.417 e. The largest absolute Gasteiger partial charge is 0.417 e. The van der Waals surface area contributed by atoms with Crippen molar-refractivity contribution in [1.82, 2.24) is 0 Å². The fraction of sp³-hybridized carbons (Fsp3) is 0.500. The van der Waals surface area contributed by atoms with Gasteiger partial charge in [-0.05, 0) is 37.0 Å². The molecule has 1 aromatic carbocycles. The third-order valence-electron chi connectivity index (χ3n) is 4.05. The number of nitrogens with two attached hydrogens (primary N) is 1. The number of hydrogen-bond donors (Lipinski definition) is 2. The highest BCUT2D eigenvalue weighted by Gasteiger charge is 2.34. The monoisotopic (exact) mass is 341 g/mol. The Kier molecular flexibility index (Phi) is 5.67. The molecule has 24 heavy (non-hydrogen) atoms. The summed E-state index contributed by atoms with van der Waals surface area (Å²) in [6.45, 7) is 1.09. The Bertz CT molecular complexity index is 634. The van der Waals surface area contributed by atoms with Crippen molar-refractivity contribution in [2.75, 3.05) is 18.5 Å². The topological polar surface area (TPSA) is 88.1 Å². The molecule has 1 amide bonds. The summed E-state index contributed by atoms with van der Waals surface area (Å²) in [5.41, 5.74) is 4.03. The van der Waals surface area contributed by atoms with E-state index in [1.165, 1.54) is 12.1 Å². The number of anilines is 1. The van der Waals surface area contributed by atoms with Crippen LogP contribution in [0.5, 0.6) is 0 Å². The molecule has 8 heteroatoms. The summed E-state index contributed by atoms with van der Waals surface area (Å²) in [6, 6.07) is 4.59. The molecule has 2 rings (SSSR count). The van der Waals surface area contributed by atoms with Crippen molar-refractivity contribution in [3.05, 3.63) is 29.3 Å². The van der Waals surface area contributed by atoms with E-state index < -0.39 is 23.2 Å². The van der Waals surface area contributed by atoms with Crippen LogP contribution in [-0.4, -0.2) is 25.2 Å². The predicted molar refractivity (Wildman–Crippen MR) is 80.9 cm³/mol. The Morgan fingerprint density at radius 1 is 1.42 bits per heavy atom. The Labute approximate surface area is 137 Å². The van der Waals surface area contributed by atoms with Gasteiger partial charge in [0.1, 0.15) is 0 Å². The smallest absolute Gasteiger partial charge is 0.381 e. The number of rotatable bonds is 5. The highest BCUT2D eigenvalue weighted by Crippen LogP contribution is 2.34. The van der Waals surface area contributed by atoms with Crippen molar-refractivity contribution in [3.8, 4) is 6.07 Å². The maximum absolute atomic E-state index is 13.0. The number of benzene rings is 1. The number of carbonyl (C=O) groups excluding carboxylic acids is 1. The minimum Gasteiger partial charge on any atom is -0.381 e. The summed E-state index contributed by atoms with van der Waals surface area (Å²) in [6.07, 6.45) is -3.20. The van der Waals surface area contributed by atoms with E-state index in [9.17, 15) is 18.0 Å². The molecule has 0 spiro atoms. The van der Waals surface area contributed by atoms with Gasteiger partial charge < -0.3 is 15.8 Å². The molecule has 130 valence electrons. The van der Waals surface area contributed by atoms with E-state index >= 15 is 0 Å². The lowest BCUT2D eigenvalue weighted by Gasteiger charge is -2.31. The van der Waals surface area contributed by atoms with Crippen LogP contribution in [0.3, 0.4) is 0 Å². The van der Waals surface area contributed by atoms with E-state index in [2.05, 4.69) is 5.32 Å². The van der Waals surface area contributed by atoms with E-state index in [4.69, 9.17) is 15.7 Å².